The number of nitrogens with zero attached hydrogens (tertiary/aromatic N) is 2. The lowest BCUT2D eigenvalue weighted by molar-refractivity contribution is -0.385. The smallest absolute Gasteiger partial charge is 0.277 e. The van der Waals surface area contributed by atoms with E-state index in [9.17, 15) is 10.1 Å². The van der Waals surface area contributed by atoms with Gasteiger partial charge in [-0.05, 0) is 13.0 Å². The molecule has 1 unspecified atom stereocenters. The highest BCUT2D eigenvalue weighted by molar-refractivity contribution is 8.14. The van der Waals surface area contributed by atoms with Crippen LogP contribution < -0.4 is 5.43 Å². The second-order valence-electron chi connectivity index (χ2n) is 4.84. The zero-order valence-electron chi connectivity index (χ0n) is 11.6. The molecule has 7 heteroatoms. The van der Waals surface area contributed by atoms with Crippen molar-refractivity contribution in [3.8, 4) is 0 Å². The summed E-state index contributed by atoms with van der Waals surface area (Å²) in [5.41, 5.74) is 5.52. The topological polar surface area (TPSA) is 67.5 Å². The molecule has 0 amide bonds. The molecule has 5 nitrogen and oxygen atoms in total. The number of benzene rings is 2. The minimum absolute atomic E-state index is 0.00199. The normalized spacial score (nSPS) is 17.0. The number of nitro groups is 1. The minimum atomic E-state index is -0.423. The van der Waals surface area contributed by atoms with Crippen LogP contribution >= 0.6 is 23.4 Å². The van der Waals surface area contributed by atoms with Gasteiger partial charge in [-0.2, -0.15) is 5.10 Å². The Bertz CT molecular complexity index is 762. The molecule has 22 heavy (non-hydrogen) atoms. The maximum Gasteiger partial charge on any atom is 0.277 e. The summed E-state index contributed by atoms with van der Waals surface area (Å²) < 4.78 is 0. The first-order valence-corrected chi connectivity index (χ1v) is 7.82. The second-order valence-corrected chi connectivity index (χ2v) is 6.34. The van der Waals surface area contributed by atoms with Crippen LogP contribution in [0.4, 0.5) is 5.69 Å². The van der Waals surface area contributed by atoms with E-state index >= 15 is 0 Å². The Morgan fingerprint density at radius 1 is 1.27 bits per heavy atom. The van der Waals surface area contributed by atoms with Gasteiger partial charge in [0, 0.05) is 11.6 Å². The summed E-state index contributed by atoms with van der Waals surface area (Å²) in [6.07, 6.45) is 0. The van der Waals surface area contributed by atoms with Gasteiger partial charge in [-0.1, -0.05) is 59.3 Å². The van der Waals surface area contributed by atoms with Crippen LogP contribution in [0.1, 0.15) is 22.1 Å². The second kappa shape index (κ2) is 5.98. The molecule has 0 spiro atoms. The average molecular weight is 334 g/mol. The number of rotatable bonds is 3. The molecule has 0 fully saturated rings. The van der Waals surface area contributed by atoms with Gasteiger partial charge < -0.3 is 0 Å². The molecular formula is C15H12ClN3O2S. The van der Waals surface area contributed by atoms with Crippen molar-refractivity contribution in [3.63, 3.8) is 0 Å². The van der Waals surface area contributed by atoms with Gasteiger partial charge in [0.1, 0.15) is 10.4 Å². The van der Waals surface area contributed by atoms with Crippen LogP contribution in [0.2, 0.25) is 5.02 Å². The van der Waals surface area contributed by atoms with Crippen LogP contribution in [0.25, 0.3) is 0 Å². The lowest BCUT2D eigenvalue weighted by Crippen LogP contribution is -2.10. The first kappa shape index (κ1) is 14.9. The van der Waals surface area contributed by atoms with E-state index in [2.05, 4.69) is 10.5 Å². The van der Waals surface area contributed by atoms with Crippen LogP contribution in [-0.2, 0) is 0 Å². The number of nitro benzene ring substituents is 1. The van der Waals surface area contributed by atoms with Crippen molar-refractivity contribution in [2.75, 3.05) is 0 Å². The van der Waals surface area contributed by atoms with Crippen molar-refractivity contribution in [2.24, 2.45) is 5.10 Å². The number of halogens is 1. The van der Waals surface area contributed by atoms with E-state index in [1.54, 1.807) is 12.1 Å². The van der Waals surface area contributed by atoms with Crippen molar-refractivity contribution in [3.05, 3.63) is 74.3 Å². The van der Waals surface area contributed by atoms with E-state index in [0.29, 0.717) is 10.6 Å². The van der Waals surface area contributed by atoms with Gasteiger partial charge in [-0.25, -0.2) is 0 Å². The Morgan fingerprint density at radius 2 is 2.00 bits per heavy atom. The highest BCUT2D eigenvalue weighted by Crippen LogP contribution is 2.41. The van der Waals surface area contributed by atoms with Gasteiger partial charge in [-0.15, -0.1) is 0 Å². The number of hydrogen-bond acceptors (Lipinski definition) is 5. The Labute approximate surface area is 136 Å². The summed E-state index contributed by atoms with van der Waals surface area (Å²) in [4.78, 5) is 10.8. The molecule has 0 radical (unpaired) electrons. The van der Waals surface area contributed by atoms with E-state index in [1.165, 1.54) is 23.4 Å². The molecule has 3 rings (SSSR count). The monoisotopic (exact) mass is 333 g/mol. The fraction of sp³-hybridized carbons (Fsp3) is 0.133. The third kappa shape index (κ3) is 2.80. The standard InChI is InChI=1S/C15H12ClN3O2S/c1-9-5-7-10(8-6-9)14-17-18-15(22-14)13-11(16)3-2-4-12(13)19(20)21/h2-8,15,18H,1H3. The van der Waals surface area contributed by atoms with E-state index < -0.39 is 4.92 Å². The lowest BCUT2D eigenvalue weighted by atomic mass is 10.2. The fourth-order valence-corrected chi connectivity index (χ4v) is 3.59. The van der Waals surface area contributed by atoms with Gasteiger partial charge in [0.05, 0.1) is 15.5 Å². The first-order chi connectivity index (χ1) is 10.6. The number of hydrogen-bond donors (Lipinski definition) is 1. The Hall–Kier alpha value is -2.05. The fourth-order valence-electron chi connectivity index (χ4n) is 2.18. The van der Waals surface area contributed by atoms with E-state index in [4.69, 9.17) is 11.6 Å². The molecule has 0 aromatic heterocycles. The van der Waals surface area contributed by atoms with Gasteiger partial charge in [0.25, 0.3) is 5.69 Å². The molecule has 112 valence electrons. The molecule has 1 heterocycles. The van der Waals surface area contributed by atoms with Crippen molar-refractivity contribution in [2.45, 2.75) is 12.3 Å². The van der Waals surface area contributed by atoms with Gasteiger partial charge in [0.2, 0.25) is 0 Å². The molecule has 0 aliphatic carbocycles. The van der Waals surface area contributed by atoms with E-state index in [-0.39, 0.29) is 11.1 Å². The van der Waals surface area contributed by atoms with Crippen molar-refractivity contribution >= 4 is 34.1 Å². The third-order valence-corrected chi connectivity index (χ3v) is 4.76. The number of hydrazone groups is 1. The summed E-state index contributed by atoms with van der Waals surface area (Å²) in [5.74, 6) is 0. The summed E-state index contributed by atoms with van der Waals surface area (Å²) in [5, 5.41) is 16.3. The minimum Gasteiger partial charge on any atom is -0.291 e. The van der Waals surface area contributed by atoms with Crippen molar-refractivity contribution < 1.29 is 4.92 Å². The van der Waals surface area contributed by atoms with E-state index in [1.807, 2.05) is 31.2 Å². The van der Waals surface area contributed by atoms with E-state index in [0.717, 1.165) is 10.6 Å². The predicted molar refractivity (Wildman–Crippen MR) is 89.3 cm³/mol. The quantitative estimate of drug-likeness (QED) is 0.673. The van der Waals surface area contributed by atoms with Gasteiger partial charge >= 0.3 is 0 Å². The molecule has 0 bridgehead atoms. The number of thioether (sulfide) groups is 1. The molecule has 0 saturated heterocycles. The van der Waals surface area contributed by atoms with Crippen LogP contribution in [0.3, 0.4) is 0 Å². The predicted octanol–water partition coefficient (Wildman–Crippen LogP) is 4.25. The Kier molecular flexibility index (Phi) is 4.04. The van der Waals surface area contributed by atoms with Crippen LogP contribution in [-0.4, -0.2) is 9.97 Å². The number of nitrogens with one attached hydrogen (secondary N) is 1. The van der Waals surface area contributed by atoms with Crippen LogP contribution in [0, 0.1) is 17.0 Å². The summed E-state index contributed by atoms with van der Waals surface area (Å²) in [6, 6.07) is 12.6. The zero-order valence-corrected chi connectivity index (χ0v) is 13.2. The zero-order chi connectivity index (χ0) is 15.7. The van der Waals surface area contributed by atoms with Crippen molar-refractivity contribution in [1.82, 2.24) is 5.43 Å². The largest absolute Gasteiger partial charge is 0.291 e. The molecule has 1 aliphatic rings. The summed E-state index contributed by atoms with van der Waals surface area (Å²) in [6.45, 7) is 2.02. The highest BCUT2D eigenvalue weighted by atomic mass is 35.5. The Morgan fingerprint density at radius 3 is 2.68 bits per heavy atom. The lowest BCUT2D eigenvalue weighted by Gasteiger charge is -2.11. The summed E-state index contributed by atoms with van der Waals surface area (Å²) >= 11 is 7.58. The third-order valence-electron chi connectivity index (χ3n) is 3.30. The molecule has 1 N–H and O–H groups in total. The Balaban J connectivity index is 1.89. The number of aryl methyl sites for hydroxylation is 1. The van der Waals surface area contributed by atoms with Crippen LogP contribution in [0.15, 0.2) is 47.6 Å². The highest BCUT2D eigenvalue weighted by Gasteiger charge is 2.30. The SMILES string of the molecule is Cc1ccc(C2=NNC(c3c(Cl)cccc3[N+](=O)[O-])S2)cc1. The van der Waals surface area contributed by atoms with Crippen LogP contribution in [0.5, 0.6) is 0 Å². The van der Waals surface area contributed by atoms with Gasteiger partial charge in [-0.3, -0.25) is 15.5 Å². The van der Waals surface area contributed by atoms with Crippen molar-refractivity contribution in [1.29, 1.82) is 0 Å². The molecule has 1 atom stereocenters. The first-order valence-electron chi connectivity index (χ1n) is 6.56. The molecule has 1 aliphatic heterocycles. The maximum atomic E-state index is 11.2. The molecular weight excluding hydrogens is 322 g/mol. The molecule has 0 saturated carbocycles. The summed E-state index contributed by atoms with van der Waals surface area (Å²) in [7, 11) is 0. The average Bonchev–Trinajstić information content (AvgIpc) is 2.97. The molecule has 2 aromatic rings. The van der Waals surface area contributed by atoms with Gasteiger partial charge in [0.15, 0.2) is 0 Å². The maximum absolute atomic E-state index is 11.2. The molecule has 2 aromatic carbocycles.